The van der Waals surface area contributed by atoms with Crippen LogP contribution in [0.4, 0.5) is 0 Å². The highest BCUT2D eigenvalue weighted by molar-refractivity contribution is 7.12. The molecule has 3 heterocycles. The summed E-state index contributed by atoms with van der Waals surface area (Å²) in [5, 5.41) is 3.63. The van der Waals surface area contributed by atoms with Crippen LogP contribution in [-0.4, -0.2) is 18.7 Å². The predicted octanol–water partition coefficient (Wildman–Crippen LogP) is 3.24. The van der Waals surface area contributed by atoms with Crippen molar-refractivity contribution < 1.29 is 4.74 Å². The van der Waals surface area contributed by atoms with Crippen molar-refractivity contribution in [3.63, 3.8) is 0 Å². The highest BCUT2D eigenvalue weighted by Gasteiger charge is 2.44. The minimum absolute atomic E-state index is 0.00968. The van der Waals surface area contributed by atoms with E-state index in [1.54, 1.807) is 5.56 Å². The van der Waals surface area contributed by atoms with E-state index in [4.69, 9.17) is 4.74 Å². The fourth-order valence-electron chi connectivity index (χ4n) is 3.63. The van der Waals surface area contributed by atoms with Gasteiger partial charge in [-0.05, 0) is 51.2 Å². The zero-order chi connectivity index (χ0) is 12.8. The summed E-state index contributed by atoms with van der Waals surface area (Å²) in [5.74, 6) is 0. The Morgan fingerprint density at radius 2 is 2.11 bits per heavy atom. The van der Waals surface area contributed by atoms with Gasteiger partial charge in [0.25, 0.3) is 0 Å². The first-order valence-corrected chi connectivity index (χ1v) is 7.96. The molecule has 1 aromatic heterocycles. The van der Waals surface area contributed by atoms with Crippen LogP contribution in [0.15, 0.2) is 6.07 Å². The van der Waals surface area contributed by atoms with E-state index in [2.05, 4.69) is 32.2 Å². The maximum absolute atomic E-state index is 6.30. The van der Waals surface area contributed by atoms with Crippen LogP contribution >= 0.6 is 11.3 Å². The molecular weight excluding hydrogens is 242 g/mol. The van der Waals surface area contributed by atoms with E-state index < -0.39 is 0 Å². The van der Waals surface area contributed by atoms with Crippen LogP contribution in [0.2, 0.25) is 0 Å². The maximum atomic E-state index is 6.30. The summed E-state index contributed by atoms with van der Waals surface area (Å²) in [6, 6.07) is 3.51. The Labute approximate surface area is 114 Å². The summed E-state index contributed by atoms with van der Waals surface area (Å²) in [6.07, 6.45) is 4.49. The second kappa shape index (κ2) is 4.62. The van der Waals surface area contributed by atoms with Gasteiger partial charge < -0.3 is 10.1 Å². The van der Waals surface area contributed by atoms with Gasteiger partial charge in [-0.2, -0.15) is 0 Å². The van der Waals surface area contributed by atoms with E-state index in [-0.39, 0.29) is 5.60 Å². The van der Waals surface area contributed by atoms with Gasteiger partial charge in [-0.1, -0.05) is 6.92 Å². The molecule has 3 rings (SSSR count). The monoisotopic (exact) mass is 265 g/mol. The molecule has 2 nitrogen and oxygen atoms in total. The van der Waals surface area contributed by atoms with E-state index in [0.29, 0.717) is 12.1 Å². The number of aryl methyl sites for hydroxylation is 1. The molecule has 0 aromatic carbocycles. The second-order valence-corrected chi connectivity index (χ2v) is 7.03. The van der Waals surface area contributed by atoms with Gasteiger partial charge in [0.1, 0.15) is 5.60 Å². The lowest BCUT2D eigenvalue weighted by Gasteiger charge is -2.45. The van der Waals surface area contributed by atoms with Crippen molar-refractivity contribution in [2.24, 2.45) is 0 Å². The zero-order valence-corrected chi connectivity index (χ0v) is 12.4. The third kappa shape index (κ3) is 2.02. The maximum Gasteiger partial charge on any atom is 0.105 e. The average molecular weight is 265 g/mol. The molecule has 3 atom stereocenters. The molecule has 18 heavy (non-hydrogen) atoms. The molecule has 0 amide bonds. The fraction of sp³-hybridized carbons (Fsp3) is 0.733. The Bertz CT molecular complexity index is 430. The van der Waals surface area contributed by atoms with Crippen LogP contribution in [0.25, 0.3) is 0 Å². The predicted molar refractivity (Wildman–Crippen MR) is 76.3 cm³/mol. The van der Waals surface area contributed by atoms with Crippen LogP contribution in [0, 0.1) is 0 Å². The molecule has 0 radical (unpaired) electrons. The first-order chi connectivity index (χ1) is 8.63. The Balaban J connectivity index is 2.00. The van der Waals surface area contributed by atoms with Crippen LogP contribution in [0.3, 0.4) is 0 Å². The molecule has 1 aromatic rings. The summed E-state index contributed by atoms with van der Waals surface area (Å²) >= 11 is 1.99. The van der Waals surface area contributed by atoms with Gasteiger partial charge in [-0.3, -0.25) is 0 Å². The van der Waals surface area contributed by atoms with E-state index in [1.165, 1.54) is 9.75 Å². The molecule has 3 heteroatoms. The number of piperidine rings is 1. The van der Waals surface area contributed by atoms with Crippen LogP contribution in [0.5, 0.6) is 0 Å². The van der Waals surface area contributed by atoms with Gasteiger partial charge in [0.15, 0.2) is 0 Å². The van der Waals surface area contributed by atoms with Gasteiger partial charge >= 0.3 is 0 Å². The zero-order valence-electron chi connectivity index (χ0n) is 11.6. The highest BCUT2D eigenvalue weighted by Crippen LogP contribution is 2.46. The lowest BCUT2D eigenvalue weighted by atomic mass is 9.80. The van der Waals surface area contributed by atoms with E-state index in [0.717, 1.165) is 32.3 Å². The minimum atomic E-state index is 0.00968. The topological polar surface area (TPSA) is 21.3 Å². The molecule has 1 saturated heterocycles. The minimum Gasteiger partial charge on any atom is -0.369 e. The van der Waals surface area contributed by atoms with E-state index in [9.17, 15) is 0 Å². The third-order valence-corrected chi connectivity index (χ3v) is 5.72. The molecule has 0 saturated carbocycles. The smallest absolute Gasteiger partial charge is 0.105 e. The third-order valence-electron chi connectivity index (χ3n) is 4.21. The number of hydrogen-bond acceptors (Lipinski definition) is 3. The summed E-state index contributed by atoms with van der Waals surface area (Å²) in [6.45, 7) is 7.71. The van der Waals surface area contributed by atoms with E-state index in [1.807, 2.05) is 11.3 Å². The summed E-state index contributed by atoms with van der Waals surface area (Å²) < 4.78 is 6.30. The van der Waals surface area contributed by atoms with Crippen LogP contribution < -0.4 is 5.32 Å². The number of hydrogen-bond donors (Lipinski definition) is 1. The van der Waals surface area contributed by atoms with Crippen molar-refractivity contribution in [3.8, 4) is 0 Å². The molecular formula is C15H23NOS. The molecule has 1 N–H and O–H groups in total. The Hall–Kier alpha value is -0.380. The molecule has 0 aliphatic carbocycles. The number of thiophene rings is 1. The second-order valence-electron chi connectivity index (χ2n) is 5.89. The average Bonchev–Trinajstić information content (AvgIpc) is 2.72. The van der Waals surface area contributed by atoms with Crippen LogP contribution in [-0.2, 0) is 23.2 Å². The van der Waals surface area contributed by atoms with Crippen molar-refractivity contribution >= 4 is 11.3 Å². The molecule has 1 fully saturated rings. The van der Waals surface area contributed by atoms with Gasteiger partial charge in [-0.25, -0.2) is 0 Å². The molecule has 100 valence electrons. The van der Waals surface area contributed by atoms with Gasteiger partial charge in [0.05, 0.1) is 6.61 Å². The van der Waals surface area contributed by atoms with Crippen molar-refractivity contribution in [1.82, 2.24) is 5.32 Å². The number of ether oxygens (including phenoxy) is 1. The number of rotatable bonds is 1. The standard InChI is InChI=1S/C15H23NOS/c1-4-13-7-12-5-6-17-15(14(12)18-13)8-10(2)16-11(3)9-15/h7,10-11,16H,4-6,8-9H2,1-3H3/t10-,11+,15?. The number of fused-ring (bicyclic) bond motifs is 2. The van der Waals surface area contributed by atoms with E-state index >= 15 is 0 Å². The molecule has 2 aliphatic rings. The van der Waals surface area contributed by atoms with Crippen molar-refractivity contribution in [2.75, 3.05) is 6.61 Å². The Morgan fingerprint density at radius 3 is 2.78 bits per heavy atom. The first-order valence-electron chi connectivity index (χ1n) is 7.15. The SMILES string of the molecule is CCc1cc2c(s1)C1(C[C@@H](C)N[C@@H](C)C1)OCC2. The van der Waals surface area contributed by atoms with Crippen LogP contribution in [0.1, 0.15) is 48.9 Å². The lowest BCUT2D eigenvalue weighted by molar-refractivity contribution is -0.0932. The normalized spacial score (nSPS) is 35.7. The van der Waals surface area contributed by atoms with Gasteiger partial charge in [-0.15, -0.1) is 11.3 Å². The molecule has 1 spiro atoms. The molecule has 2 aliphatic heterocycles. The van der Waals surface area contributed by atoms with Crippen molar-refractivity contribution in [2.45, 2.75) is 64.1 Å². The highest BCUT2D eigenvalue weighted by atomic mass is 32.1. The van der Waals surface area contributed by atoms with Crippen molar-refractivity contribution in [1.29, 1.82) is 0 Å². The molecule has 1 unspecified atom stereocenters. The Kier molecular flexibility index (Phi) is 3.25. The largest absolute Gasteiger partial charge is 0.369 e. The summed E-state index contributed by atoms with van der Waals surface area (Å²) in [7, 11) is 0. The summed E-state index contributed by atoms with van der Waals surface area (Å²) in [4.78, 5) is 3.05. The lowest BCUT2D eigenvalue weighted by Crippen LogP contribution is -2.52. The van der Waals surface area contributed by atoms with Gasteiger partial charge in [0, 0.05) is 21.8 Å². The quantitative estimate of drug-likeness (QED) is 0.841. The Morgan fingerprint density at radius 1 is 1.39 bits per heavy atom. The number of nitrogens with one attached hydrogen (secondary N) is 1. The first kappa shape index (κ1) is 12.6. The van der Waals surface area contributed by atoms with Crippen molar-refractivity contribution in [3.05, 3.63) is 21.4 Å². The fourth-order valence-corrected chi connectivity index (χ4v) is 4.94. The van der Waals surface area contributed by atoms with Gasteiger partial charge in [0.2, 0.25) is 0 Å². The summed E-state index contributed by atoms with van der Waals surface area (Å²) in [5.41, 5.74) is 1.57. The molecule has 0 bridgehead atoms.